The van der Waals surface area contributed by atoms with Gasteiger partial charge in [-0.15, -0.1) is 0 Å². The summed E-state index contributed by atoms with van der Waals surface area (Å²) >= 11 is 8.78. The first kappa shape index (κ1) is 23.9. The van der Waals surface area contributed by atoms with E-state index in [1.54, 1.807) is 6.08 Å². The lowest BCUT2D eigenvalue weighted by Gasteiger charge is -2.29. The maximum absolute atomic E-state index is 13.4. The lowest BCUT2D eigenvalue weighted by atomic mass is 10.1. The van der Waals surface area contributed by atoms with Crippen molar-refractivity contribution in [1.29, 1.82) is 0 Å². The van der Waals surface area contributed by atoms with Crippen molar-refractivity contribution >= 4 is 56.8 Å². The van der Waals surface area contributed by atoms with E-state index in [0.717, 1.165) is 27.6 Å². The maximum atomic E-state index is 13.4. The summed E-state index contributed by atoms with van der Waals surface area (Å²) in [6, 6.07) is 21.1. The van der Waals surface area contributed by atoms with Gasteiger partial charge in [-0.1, -0.05) is 64.8 Å². The summed E-state index contributed by atoms with van der Waals surface area (Å²) in [5.74, 6) is -0.464. The van der Waals surface area contributed by atoms with Crippen LogP contribution in [0.15, 0.2) is 76.8 Å². The number of ether oxygens (including phenoxy) is 1. The molecule has 4 rings (SSSR count). The van der Waals surface area contributed by atoms with Crippen molar-refractivity contribution in [1.82, 2.24) is 5.32 Å². The topological polar surface area (TPSA) is 58.6 Å². The molecule has 0 saturated carbocycles. The molecule has 0 radical (unpaired) electrons. The molecule has 2 amide bonds. The van der Waals surface area contributed by atoms with Gasteiger partial charge in [0.15, 0.2) is 5.11 Å². The van der Waals surface area contributed by atoms with Crippen molar-refractivity contribution in [3.8, 4) is 5.75 Å². The number of hydrogen-bond donors (Lipinski definition) is 1. The Bertz CT molecular complexity index is 1300. The van der Waals surface area contributed by atoms with Gasteiger partial charge in [-0.3, -0.25) is 19.8 Å². The predicted molar refractivity (Wildman–Crippen MR) is 142 cm³/mol. The third kappa shape index (κ3) is 5.26. The second kappa shape index (κ2) is 10.3. The molecule has 0 aliphatic carbocycles. The van der Waals surface area contributed by atoms with Gasteiger partial charge in [-0.05, 0) is 73.1 Å². The quantitative estimate of drug-likeness (QED) is 0.249. The largest absolute Gasteiger partial charge is 0.488 e. The summed E-state index contributed by atoms with van der Waals surface area (Å²) in [6.07, 6.45) is 2.43. The number of nitrogens with zero attached hydrogens (tertiary/aromatic N) is 1. The Kier molecular flexibility index (Phi) is 7.24. The molecule has 1 heterocycles. The molecular weight excluding hydrogens is 512 g/mol. The molecule has 7 heteroatoms. The first-order chi connectivity index (χ1) is 16.4. The Hall–Kier alpha value is -3.29. The number of benzene rings is 3. The highest BCUT2D eigenvalue weighted by atomic mass is 79.9. The molecule has 172 valence electrons. The highest BCUT2D eigenvalue weighted by Crippen LogP contribution is 2.29. The van der Waals surface area contributed by atoms with Crippen molar-refractivity contribution in [2.45, 2.75) is 26.9 Å². The van der Waals surface area contributed by atoms with Gasteiger partial charge in [0, 0.05) is 10.0 Å². The second-order valence-corrected chi connectivity index (χ2v) is 9.24. The lowest BCUT2D eigenvalue weighted by Crippen LogP contribution is -2.54. The number of nitrogens with one attached hydrogen (secondary N) is 1. The zero-order valence-electron chi connectivity index (χ0n) is 18.8. The minimum Gasteiger partial charge on any atom is -0.488 e. The highest BCUT2D eigenvalue weighted by Gasteiger charge is 2.34. The molecule has 1 fully saturated rings. The number of thiocarbonyl (C=S) groups is 1. The average molecular weight is 535 g/mol. The fraction of sp³-hybridized carbons (Fsp3) is 0.148. The number of anilines is 1. The number of aryl methyl sites for hydroxylation is 2. The lowest BCUT2D eigenvalue weighted by molar-refractivity contribution is -0.122. The standard InChI is InChI=1S/C27H23BrN2O3S/c1-3-18-7-10-22(11-8-18)30-26(32)23(25(31)29-27(30)34)15-20-14-21(28)9-12-24(20)33-16-19-6-4-5-17(2)13-19/h4-15H,3,16H2,1-2H3,(H,29,31,34)/b23-15+. The van der Waals surface area contributed by atoms with E-state index >= 15 is 0 Å². The van der Waals surface area contributed by atoms with Crippen LogP contribution in [0.25, 0.3) is 6.08 Å². The first-order valence-corrected chi connectivity index (χ1v) is 12.0. The number of rotatable bonds is 6. The van der Waals surface area contributed by atoms with Gasteiger partial charge in [0.2, 0.25) is 0 Å². The van der Waals surface area contributed by atoms with Crippen molar-refractivity contribution in [3.05, 3.63) is 99.0 Å². The molecule has 0 spiro atoms. The minimum atomic E-state index is -0.541. The molecule has 5 nitrogen and oxygen atoms in total. The minimum absolute atomic E-state index is 0.0216. The molecule has 0 aromatic heterocycles. The number of amides is 2. The van der Waals surface area contributed by atoms with Crippen LogP contribution < -0.4 is 15.0 Å². The molecule has 3 aromatic carbocycles. The summed E-state index contributed by atoms with van der Waals surface area (Å²) in [6.45, 7) is 4.45. The Morgan fingerprint density at radius 1 is 1.03 bits per heavy atom. The first-order valence-electron chi connectivity index (χ1n) is 10.8. The van der Waals surface area contributed by atoms with E-state index < -0.39 is 11.8 Å². The molecule has 1 saturated heterocycles. The normalized spacial score (nSPS) is 15.0. The van der Waals surface area contributed by atoms with Crippen molar-refractivity contribution < 1.29 is 14.3 Å². The fourth-order valence-electron chi connectivity index (χ4n) is 3.65. The Morgan fingerprint density at radius 2 is 1.79 bits per heavy atom. The van der Waals surface area contributed by atoms with Crippen molar-refractivity contribution in [2.24, 2.45) is 0 Å². The summed E-state index contributed by atoms with van der Waals surface area (Å²) in [4.78, 5) is 27.5. The fourth-order valence-corrected chi connectivity index (χ4v) is 4.31. The van der Waals surface area contributed by atoms with Crippen LogP contribution >= 0.6 is 28.1 Å². The smallest absolute Gasteiger partial charge is 0.270 e. The van der Waals surface area contributed by atoms with Gasteiger partial charge in [0.1, 0.15) is 17.9 Å². The summed E-state index contributed by atoms with van der Waals surface area (Å²) in [5, 5.41) is 2.69. The van der Waals surface area contributed by atoms with Crippen LogP contribution in [0.5, 0.6) is 5.75 Å². The van der Waals surface area contributed by atoms with E-state index in [-0.39, 0.29) is 10.7 Å². The SMILES string of the molecule is CCc1ccc(N2C(=O)/C(=C/c3cc(Br)ccc3OCc3cccc(C)c3)C(=O)NC2=S)cc1. The number of hydrogen-bond acceptors (Lipinski definition) is 4. The average Bonchev–Trinajstić information content (AvgIpc) is 2.81. The Morgan fingerprint density at radius 3 is 2.50 bits per heavy atom. The molecule has 1 aliphatic rings. The number of carbonyl (C=O) groups is 2. The monoisotopic (exact) mass is 534 g/mol. The molecular formula is C27H23BrN2O3S. The molecule has 0 unspecified atom stereocenters. The van der Waals surface area contributed by atoms with Crippen LogP contribution in [0.3, 0.4) is 0 Å². The Labute approximate surface area is 212 Å². The van der Waals surface area contributed by atoms with E-state index in [1.807, 2.05) is 67.6 Å². The molecule has 3 aromatic rings. The van der Waals surface area contributed by atoms with Gasteiger partial charge in [-0.2, -0.15) is 0 Å². The predicted octanol–water partition coefficient (Wildman–Crippen LogP) is 5.73. The van der Waals surface area contributed by atoms with Crippen LogP contribution in [0.4, 0.5) is 5.69 Å². The number of carbonyl (C=O) groups excluding carboxylic acids is 2. The third-order valence-electron chi connectivity index (χ3n) is 5.45. The van der Waals surface area contributed by atoms with E-state index in [0.29, 0.717) is 23.6 Å². The van der Waals surface area contributed by atoms with Gasteiger partial charge in [0.25, 0.3) is 11.8 Å². The van der Waals surface area contributed by atoms with E-state index in [1.165, 1.54) is 4.90 Å². The zero-order valence-corrected chi connectivity index (χ0v) is 21.2. The zero-order chi connectivity index (χ0) is 24.2. The van der Waals surface area contributed by atoms with Crippen LogP contribution in [0.1, 0.15) is 29.2 Å². The summed E-state index contributed by atoms with van der Waals surface area (Å²) < 4.78 is 6.86. The van der Waals surface area contributed by atoms with Crippen LogP contribution in [0, 0.1) is 6.92 Å². The van der Waals surface area contributed by atoms with Crippen LogP contribution in [-0.2, 0) is 22.6 Å². The van der Waals surface area contributed by atoms with Gasteiger partial charge in [-0.25, -0.2) is 0 Å². The molecule has 1 aliphatic heterocycles. The van der Waals surface area contributed by atoms with Gasteiger partial charge >= 0.3 is 0 Å². The maximum Gasteiger partial charge on any atom is 0.270 e. The van der Waals surface area contributed by atoms with Crippen molar-refractivity contribution in [3.63, 3.8) is 0 Å². The molecule has 0 bridgehead atoms. The van der Waals surface area contributed by atoms with E-state index in [2.05, 4.69) is 34.2 Å². The number of halogens is 1. The Balaban J connectivity index is 1.66. The molecule has 1 N–H and O–H groups in total. The van der Waals surface area contributed by atoms with Gasteiger partial charge < -0.3 is 4.74 Å². The summed E-state index contributed by atoms with van der Waals surface area (Å²) in [7, 11) is 0. The van der Waals surface area contributed by atoms with Crippen LogP contribution in [0.2, 0.25) is 0 Å². The van der Waals surface area contributed by atoms with Gasteiger partial charge in [0.05, 0.1) is 5.69 Å². The third-order valence-corrected chi connectivity index (χ3v) is 6.23. The van der Waals surface area contributed by atoms with Crippen LogP contribution in [-0.4, -0.2) is 16.9 Å². The summed E-state index contributed by atoms with van der Waals surface area (Å²) in [5.41, 5.74) is 4.50. The van der Waals surface area contributed by atoms with E-state index in [9.17, 15) is 9.59 Å². The van der Waals surface area contributed by atoms with Crippen molar-refractivity contribution in [2.75, 3.05) is 4.90 Å². The molecule has 34 heavy (non-hydrogen) atoms. The second-order valence-electron chi connectivity index (χ2n) is 7.94. The van der Waals surface area contributed by atoms with E-state index in [4.69, 9.17) is 17.0 Å². The molecule has 0 atom stereocenters. The highest BCUT2D eigenvalue weighted by molar-refractivity contribution is 9.10.